The van der Waals surface area contributed by atoms with Gasteiger partial charge in [-0.25, -0.2) is 8.42 Å². The summed E-state index contributed by atoms with van der Waals surface area (Å²) in [5, 5.41) is 7.13. The van der Waals surface area contributed by atoms with Crippen molar-refractivity contribution in [2.24, 2.45) is 0 Å². The minimum absolute atomic E-state index is 0.503. The first-order chi connectivity index (χ1) is 10.5. The second kappa shape index (κ2) is 5.61. The number of nitrogens with zero attached hydrogens (tertiary/aromatic N) is 2. The van der Waals surface area contributed by atoms with Gasteiger partial charge in [0, 0.05) is 35.4 Å². The third kappa shape index (κ3) is 3.15. The standard InChI is InChI=1S/C15H14N4O2S/c1-22(20,21)19-13-4-2-3-12(9-13)15-14(10-17-18-15)11-5-7-16-8-6-11/h2-10,19H,1H3,(H,17,18). The summed E-state index contributed by atoms with van der Waals surface area (Å²) >= 11 is 0. The molecular weight excluding hydrogens is 300 g/mol. The molecule has 0 unspecified atom stereocenters. The second-order valence-electron chi connectivity index (χ2n) is 4.84. The monoisotopic (exact) mass is 314 g/mol. The molecule has 6 nitrogen and oxygen atoms in total. The Hall–Kier alpha value is -2.67. The van der Waals surface area contributed by atoms with Crippen LogP contribution in [0.5, 0.6) is 0 Å². The number of aromatic nitrogens is 3. The maximum Gasteiger partial charge on any atom is 0.229 e. The Labute approximate surface area is 128 Å². The second-order valence-corrected chi connectivity index (χ2v) is 6.59. The van der Waals surface area contributed by atoms with E-state index in [1.54, 1.807) is 36.8 Å². The van der Waals surface area contributed by atoms with E-state index in [9.17, 15) is 8.42 Å². The maximum absolute atomic E-state index is 11.3. The van der Waals surface area contributed by atoms with Crippen molar-refractivity contribution < 1.29 is 8.42 Å². The molecule has 2 aromatic heterocycles. The highest BCUT2D eigenvalue weighted by Crippen LogP contribution is 2.31. The van der Waals surface area contributed by atoms with Gasteiger partial charge in [-0.15, -0.1) is 0 Å². The van der Waals surface area contributed by atoms with Gasteiger partial charge in [-0.3, -0.25) is 14.8 Å². The summed E-state index contributed by atoms with van der Waals surface area (Å²) in [6.07, 6.45) is 6.36. The minimum Gasteiger partial charge on any atom is -0.284 e. The topological polar surface area (TPSA) is 87.7 Å². The quantitative estimate of drug-likeness (QED) is 0.774. The number of sulfonamides is 1. The number of H-pyrrole nitrogens is 1. The van der Waals surface area contributed by atoms with Crippen LogP contribution in [0.2, 0.25) is 0 Å². The van der Waals surface area contributed by atoms with Crippen molar-refractivity contribution >= 4 is 15.7 Å². The zero-order valence-electron chi connectivity index (χ0n) is 11.8. The van der Waals surface area contributed by atoms with E-state index in [-0.39, 0.29) is 0 Å². The van der Waals surface area contributed by atoms with Crippen LogP contribution in [0, 0.1) is 0 Å². The summed E-state index contributed by atoms with van der Waals surface area (Å²) in [5.74, 6) is 0. The van der Waals surface area contributed by atoms with Gasteiger partial charge < -0.3 is 0 Å². The lowest BCUT2D eigenvalue weighted by Crippen LogP contribution is -2.09. The van der Waals surface area contributed by atoms with E-state index in [0.29, 0.717) is 5.69 Å². The Morgan fingerprint density at radius 1 is 1.09 bits per heavy atom. The van der Waals surface area contributed by atoms with Crippen LogP contribution in [0.15, 0.2) is 55.0 Å². The number of hydrogen-bond donors (Lipinski definition) is 2. The van der Waals surface area contributed by atoms with E-state index in [2.05, 4.69) is 19.9 Å². The lowest BCUT2D eigenvalue weighted by Gasteiger charge is -2.07. The molecule has 2 heterocycles. The van der Waals surface area contributed by atoms with Gasteiger partial charge in [-0.2, -0.15) is 5.10 Å². The predicted molar refractivity (Wildman–Crippen MR) is 85.7 cm³/mol. The van der Waals surface area contributed by atoms with Gasteiger partial charge in [0.15, 0.2) is 0 Å². The van der Waals surface area contributed by atoms with Gasteiger partial charge in [0.05, 0.1) is 11.9 Å². The van der Waals surface area contributed by atoms with Gasteiger partial charge in [0.2, 0.25) is 10.0 Å². The molecule has 0 bridgehead atoms. The van der Waals surface area contributed by atoms with E-state index in [1.165, 1.54) is 0 Å². The highest BCUT2D eigenvalue weighted by Gasteiger charge is 2.11. The van der Waals surface area contributed by atoms with Crippen molar-refractivity contribution in [2.45, 2.75) is 0 Å². The van der Waals surface area contributed by atoms with Gasteiger partial charge in [0.25, 0.3) is 0 Å². The summed E-state index contributed by atoms with van der Waals surface area (Å²) in [6, 6.07) is 10.9. The Bertz CT molecular complexity index is 889. The lowest BCUT2D eigenvalue weighted by atomic mass is 10.0. The van der Waals surface area contributed by atoms with Crippen LogP contribution in [0.1, 0.15) is 0 Å². The van der Waals surface area contributed by atoms with E-state index < -0.39 is 10.0 Å². The van der Waals surface area contributed by atoms with Gasteiger partial charge in [-0.05, 0) is 29.8 Å². The van der Waals surface area contributed by atoms with E-state index in [4.69, 9.17) is 0 Å². The molecule has 7 heteroatoms. The number of hydrogen-bond acceptors (Lipinski definition) is 4. The molecule has 1 aromatic carbocycles. The first-order valence-electron chi connectivity index (χ1n) is 6.55. The summed E-state index contributed by atoms with van der Waals surface area (Å²) in [6.45, 7) is 0. The summed E-state index contributed by atoms with van der Waals surface area (Å²) in [4.78, 5) is 4.00. The summed E-state index contributed by atoms with van der Waals surface area (Å²) in [5.41, 5.74) is 3.99. The molecule has 0 aliphatic carbocycles. The lowest BCUT2D eigenvalue weighted by molar-refractivity contribution is 0.607. The Kier molecular flexibility index (Phi) is 3.64. The molecule has 112 valence electrons. The summed E-state index contributed by atoms with van der Waals surface area (Å²) < 4.78 is 25.2. The molecule has 2 N–H and O–H groups in total. The number of benzene rings is 1. The average Bonchev–Trinajstić information content (AvgIpc) is 2.96. The van der Waals surface area contributed by atoms with Crippen LogP contribution in [0.25, 0.3) is 22.4 Å². The number of aromatic amines is 1. The predicted octanol–water partition coefficient (Wildman–Crippen LogP) is 2.51. The Morgan fingerprint density at radius 3 is 2.59 bits per heavy atom. The Morgan fingerprint density at radius 2 is 1.86 bits per heavy atom. The molecule has 3 aromatic rings. The fourth-order valence-electron chi connectivity index (χ4n) is 2.21. The molecule has 22 heavy (non-hydrogen) atoms. The molecule has 0 aliphatic heterocycles. The fraction of sp³-hybridized carbons (Fsp3) is 0.0667. The molecule has 0 saturated heterocycles. The van der Waals surface area contributed by atoms with Crippen molar-refractivity contribution in [1.29, 1.82) is 0 Å². The normalized spacial score (nSPS) is 11.3. The van der Waals surface area contributed by atoms with Crippen molar-refractivity contribution in [1.82, 2.24) is 15.2 Å². The van der Waals surface area contributed by atoms with Crippen LogP contribution in [0.4, 0.5) is 5.69 Å². The highest BCUT2D eigenvalue weighted by atomic mass is 32.2. The van der Waals surface area contributed by atoms with Crippen LogP contribution < -0.4 is 4.72 Å². The van der Waals surface area contributed by atoms with Crippen LogP contribution >= 0.6 is 0 Å². The largest absolute Gasteiger partial charge is 0.284 e. The van der Waals surface area contributed by atoms with Crippen LogP contribution in [-0.2, 0) is 10.0 Å². The van der Waals surface area contributed by atoms with Gasteiger partial charge in [0.1, 0.15) is 0 Å². The molecular formula is C15H14N4O2S. The minimum atomic E-state index is -3.31. The average molecular weight is 314 g/mol. The van der Waals surface area contributed by atoms with Gasteiger partial charge in [-0.1, -0.05) is 12.1 Å². The van der Waals surface area contributed by atoms with Crippen LogP contribution in [0.3, 0.4) is 0 Å². The number of rotatable bonds is 4. The molecule has 0 fully saturated rings. The first-order valence-corrected chi connectivity index (χ1v) is 8.44. The third-order valence-electron chi connectivity index (χ3n) is 3.07. The summed E-state index contributed by atoms with van der Waals surface area (Å²) in [7, 11) is -3.31. The van der Waals surface area contributed by atoms with Crippen molar-refractivity contribution in [3.63, 3.8) is 0 Å². The molecule has 0 radical (unpaired) electrons. The van der Waals surface area contributed by atoms with Crippen molar-refractivity contribution in [2.75, 3.05) is 11.0 Å². The SMILES string of the molecule is CS(=O)(=O)Nc1cccc(-c2n[nH]cc2-c2ccncc2)c1. The van der Waals surface area contributed by atoms with E-state index in [0.717, 1.165) is 28.6 Å². The zero-order valence-corrected chi connectivity index (χ0v) is 12.6. The van der Waals surface area contributed by atoms with Crippen molar-refractivity contribution in [3.05, 3.63) is 55.0 Å². The third-order valence-corrected chi connectivity index (χ3v) is 3.68. The molecule has 0 atom stereocenters. The maximum atomic E-state index is 11.3. The number of anilines is 1. The molecule has 3 rings (SSSR count). The smallest absolute Gasteiger partial charge is 0.229 e. The molecule has 0 spiro atoms. The molecule has 0 aliphatic rings. The first kappa shape index (κ1) is 14.3. The van der Waals surface area contributed by atoms with Crippen LogP contribution in [-0.4, -0.2) is 29.9 Å². The molecule has 0 amide bonds. The molecule has 0 saturated carbocycles. The van der Waals surface area contributed by atoms with E-state index in [1.807, 2.05) is 18.2 Å². The highest BCUT2D eigenvalue weighted by molar-refractivity contribution is 7.92. The zero-order chi connectivity index (χ0) is 15.6. The Balaban J connectivity index is 2.03. The fourth-order valence-corrected chi connectivity index (χ4v) is 2.76. The number of nitrogens with one attached hydrogen (secondary N) is 2. The van der Waals surface area contributed by atoms with Gasteiger partial charge >= 0.3 is 0 Å². The van der Waals surface area contributed by atoms with E-state index >= 15 is 0 Å². The van der Waals surface area contributed by atoms with Crippen molar-refractivity contribution in [3.8, 4) is 22.4 Å². The number of pyridine rings is 1.